The number of hydrogen-bond donors (Lipinski definition) is 1. The third kappa shape index (κ3) is 4.22. The van der Waals surface area contributed by atoms with Gasteiger partial charge in [0.1, 0.15) is 0 Å². The minimum absolute atomic E-state index is 0.109. The molecular formula is C12H16N2O3. The van der Waals surface area contributed by atoms with Crippen molar-refractivity contribution in [2.75, 3.05) is 13.1 Å². The number of amides is 3. The SMILES string of the molecule is CC/C=C\CC(=O)NCCN1C(=O)C=CC1=O. The van der Waals surface area contributed by atoms with Gasteiger partial charge in [-0.3, -0.25) is 19.3 Å². The number of allylic oxidation sites excluding steroid dienone is 1. The molecule has 1 aliphatic rings. The smallest absolute Gasteiger partial charge is 0.253 e. The van der Waals surface area contributed by atoms with Crippen LogP contribution in [-0.4, -0.2) is 35.7 Å². The molecule has 0 radical (unpaired) electrons. The Labute approximate surface area is 100 Å². The molecule has 1 heterocycles. The molecule has 0 unspecified atom stereocenters. The summed E-state index contributed by atoms with van der Waals surface area (Å²) >= 11 is 0. The maximum Gasteiger partial charge on any atom is 0.253 e. The van der Waals surface area contributed by atoms with Crippen LogP contribution in [0, 0.1) is 0 Å². The van der Waals surface area contributed by atoms with Gasteiger partial charge in [0.15, 0.2) is 0 Å². The molecule has 0 atom stereocenters. The van der Waals surface area contributed by atoms with Crippen molar-refractivity contribution in [2.24, 2.45) is 0 Å². The molecule has 0 fully saturated rings. The summed E-state index contributed by atoms with van der Waals surface area (Å²) in [6.45, 7) is 2.50. The standard InChI is InChI=1S/C12H16N2O3/c1-2-3-4-5-10(15)13-8-9-14-11(16)6-7-12(14)17/h3-4,6-7H,2,5,8-9H2,1H3,(H,13,15)/b4-3-. The van der Waals surface area contributed by atoms with Crippen molar-refractivity contribution in [3.8, 4) is 0 Å². The van der Waals surface area contributed by atoms with Gasteiger partial charge in [-0.25, -0.2) is 0 Å². The van der Waals surface area contributed by atoms with Crippen LogP contribution in [0.2, 0.25) is 0 Å². The number of hydrogen-bond acceptors (Lipinski definition) is 3. The highest BCUT2D eigenvalue weighted by atomic mass is 16.2. The molecule has 1 aliphatic heterocycles. The Morgan fingerprint density at radius 2 is 1.94 bits per heavy atom. The van der Waals surface area contributed by atoms with Crippen LogP contribution in [-0.2, 0) is 14.4 Å². The van der Waals surface area contributed by atoms with Crippen molar-refractivity contribution in [1.29, 1.82) is 0 Å². The molecule has 5 heteroatoms. The molecule has 1 rings (SSSR count). The summed E-state index contributed by atoms with van der Waals surface area (Å²) in [7, 11) is 0. The Bertz CT molecular complexity index is 354. The van der Waals surface area contributed by atoms with Gasteiger partial charge < -0.3 is 5.32 Å². The fraction of sp³-hybridized carbons (Fsp3) is 0.417. The highest BCUT2D eigenvalue weighted by Crippen LogP contribution is 2.01. The van der Waals surface area contributed by atoms with Crippen LogP contribution in [0.15, 0.2) is 24.3 Å². The molecule has 0 aromatic carbocycles. The second kappa shape index (κ2) is 6.62. The summed E-state index contributed by atoms with van der Waals surface area (Å²) < 4.78 is 0. The zero-order chi connectivity index (χ0) is 12.7. The van der Waals surface area contributed by atoms with Gasteiger partial charge in [0.25, 0.3) is 11.8 Å². The number of imide groups is 1. The van der Waals surface area contributed by atoms with E-state index in [2.05, 4.69) is 5.32 Å². The molecule has 3 amide bonds. The van der Waals surface area contributed by atoms with Crippen LogP contribution in [0.1, 0.15) is 19.8 Å². The number of nitrogens with one attached hydrogen (secondary N) is 1. The third-order valence-corrected chi connectivity index (χ3v) is 2.26. The van der Waals surface area contributed by atoms with Gasteiger partial charge in [0.05, 0.1) is 0 Å². The van der Waals surface area contributed by atoms with Gasteiger partial charge in [-0.2, -0.15) is 0 Å². The predicted octanol–water partition coefficient (Wildman–Crippen LogP) is 0.384. The second-order valence-corrected chi connectivity index (χ2v) is 3.60. The summed E-state index contributed by atoms with van der Waals surface area (Å²) in [5, 5.41) is 2.65. The lowest BCUT2D eigenvalue weighted by molar-refractivity contribution is -0.137. The lowest BCUT2D eigenvalue weighted by Gasteiger charge is -2.13. The number of carbonyl (C=O) groups excluding carboxylic acids is 3. The molecule has 0 bridgehead atoms. The molecule has 0 saturated carbocycles. The minimum Gasteiger partial charge on any atom is -0.354 e. The van der Waals surface area contributed by atoms with Crippen LogP contribution in [0.25, 0.3) is 0 Å². The van der Waals surface area contributed by atoms with E-state index in [-0.39, 0.29) is 30.8 Å². The van der Waals surface area contributed by atoms with E-state index in [1.165, 1.54) is 12.2 Å². The first-order valence-electron chi connectivity index (χ1n) is 5.60. The van der Waals surface area contributed by atoms with E-state index < -0.39 is 0 Å². The van der Waals surface area contributed by atoms with Crippen molar-refractivity contribution in [3.63, 3.8) is 0 Å². The normalized spacial score (nSPS) is 15.0. The fourth-order valence-electron chi connectivity index (χ4n) is 1.39. The quantitative estimate of drug-likeness (QED) is 0.535. The first-order chi connectivity index (χ1) is 8.15. The van der Waals surface area contributed by atoms with Crippen LogP contribution in [0.3, 0.4) is 0 Å². The van der Waals surface area contributed by atoms with Crippen molar-refractivity contribution >= 4 is 17.7 Å². The van der Waals surface area contributed by atoms with Crippen LogP contribution >= 0.6 is 0 Å². The molecule has 0 aliphatic carbocycles. The van der Waals surface area contributed by atoms with Crippen molar-refractivity contribution < 1.29 is 14.4 Å². The average Bonchev–Trinajstić information content (AvgIpc) is 2.61. The molecule has 0 aromatic rings. The third-order valence-electron chi connectivity index (χ3n) is 2.26. The van der Waals surface area contributed by atoms with E-state index >= 15 is 0 Å². The lowest BCUT2D eigenvalue weighted by Crippen LogP contribution is -2.38. The molecule has 5 nitrogen and oxygen atoms in total. The predicted molar refractivity (Wildman–Crippen MR) is 62.9 cm³/mol. The van der Waals surface area contributed by atoms with Crippen molar-refractivity contribution in [2.45, 2.75) is 19.8 Å². The summed E-state index contributed by atoms with van der Waals surface area (Å²) in [5.74, 6) is -0.757. The van der Waals surface area contributed by atoms with Crippen molar-refractivity contribution in [1.82, 2.24) is 10.2 Å². The van der Waals surface area contributed by atoms with Crippen molar-refractivity contribution in [3.05, 3.63) is 24.3 Å². The fourth-order valence-corrected chi connectivity index (χ4v) is 1.39. The van der Waals surface area contributed by atoms with E-state index in [4.69, 9.17) is 0 Å². The highest BCUT2D eigenvalue weighted by Gasteiger charge is 2.22. The van der Waals surface area contributed by atoms with Gasteiger partial charge in [-0.1, -0.05) is 19.1 Å². The maximum atomic E-state index is 11.3. The molecule has 1 N–H and O–H groups in total. The van der Waals surface area contributed by atoms with E-state index in [0.29, 0.717) is 6.42 Å². The first-order valence-corrected chi connectivity index (χ1v) is 5.60. The Morgan fingerprint density at radius 3 is 2.53 bits per heavy atom. The lowest BCUT2D eigenvalue weighted by atomic mass is 10.3. The Hall–Kier alpha value is -1.91. The van der Waals surface area contributed by atoms with Gasteiger partial charge in [-0.15, -0.1) is 0 Å². The molecule has 0 aromatic heterocycles. The Balaban J connectivity index is 2.20. The van der Waals surface area contributed by atoms with E-state index in [1.54, 1.807) is 6.08 Å². The first kappa shape index (κ1) is 13.2. The van der Waals surface area contributed by atoms with Crippen LogP contribution in [0.4, 0.5) is 0 Å². The second-order valence-electron chi connectivity index (χ2n) is 3.60. The summed E-state index contributed by atoms with van der Waals surface area (Å²) in [6.07, 6.45) is 7.39. The Morgan fingerprint density at radius 1 is 1.29 bits per heavy atom. The van der Waals surface area contributed by atoms with Gasteiger partial charge in [-0.05, 0) is 6.42 Å². The average molecular weight is 236 g/mol. The topological polar surface area (TPSA) is 66.5 Å². The molecule has 92 valence electrons. The van der Waals surface area contributed by atoms with Gasteiger partial charge in [0, 0.05) is 31.7 Å². The largest absolute Gasteiger partial charge is 0.354 e. The monoisotopic (exact) mass is 236 g/mol. The molecular weight excluding hydrogens is 220 g/mol. The van der Waals surface area contributed by atoms with Crippen LogP contribution < -0.4 is 5.32 Å². The molecule has 0 spiro atoms. The van der Waals surface area contributed by atoms with E-state index in [1.807, 2.05) is 13.0 Å². The van der Waals surface area contributed by atoms with Gasteiger partial charge >= 0.3 is 0 Å². The molecule has 0 saturated heterocycles. The Kier molecular flexibility index (Phi) is 5.13. The number of carbonyl (C=O) groups is 3. The summed E-state index contributed by atoms with van der Waals surface area (Å²) in [5.41, 5.74) is 0. The number of nitrogens with zero attached hydrogens (tertiary/aromatic N) is 1. The number of rotatable bonds is 6. The molecule has 17 heavy (non-hydrogen) atoms. The summed E-state index contributed by atoms with van der Waals surface area (Å²) in [4.78, 5) is 34.7. The zero-order valence-electron chi connectivity index (χ0n) is 9.81. The van der Waals surface area contributed by atoms with Crippen LogP contribution in [0.5, 0.6) is 0 Å². The minimum atomic E-state index is -0.324. The zero-order valence-corrected chi connectivity index (χ0v) is 9.81. The van der Waals surface area contributed by atoms with E-state index in [0.717, 1.165) is 11.3 Å². The van der Waals surface area contributed by atoms with Gasteiger partial charge in [0.2, 0.25) is 5.91 Å². The van der Waals surface area contributed by atoms with E-state index in [9.17, 15) is 14.4 Å². The summed E-state index contributed by atoms with van der Waals surface area (Å²) in [6, 6.07) is 0. The maximum absolute atomic E-state index is 11.3. The highest BCUT2D eigenvalue weighted by molar-refractivity contribution is 6.12.